The first-order valence-corrected chi connectivity index (χ1v) is 13.3. The number of hydrogen-bond acceptors (Lipinski definition) is 2. The Morgan fingerprint density at radius 1 is 0.794 bits per heavy atom. The van der Waals surface area contributed by atoms with E-state index in [1.54, 1.807) is 0 Å². The van der Waals surface area contributed by atoms with Gasteiger partial charge in [0.05, 0.1) is 0 Å². The van der Waals surface area contributed by atoms with Crippen LogP contribution in [0.4, 0.5) is 4.20 Å². The van der Waals surface area contributed by atoms with Crippen LogP contribution in [-0.4, -0.2) is 0 Å². The van der Waals surface area contributed by atoms with Gasteiger partial charge in [0.2, 0.25) is 0 Å². The minimum Gasteiger partial charge on any atom is -0.414 e. The van der Waals surface area contributed by atoms with Crippen molar-refractivity contribution in [2.45, 2.75) is 105 Å². The van der Waals surface area contributed by atoms with Gasteiger partial charge in [-0.1, -0.05) is 93.5 Å². The predicted octanol–water partition coefficient (Wildman–Crippen LogP) is 10.1. The molecule has 2 atom stereocenters. The second kappa shape index (κ2) is 8.98. The number of hydrogen-bond donors (Lipinski definition) is 0. The zero-order valence-electron chi connectivity index (χ0n) is 23.1. The van der Waals surface area contributed by atoms with Crippen molar-refractivity contribution < 1.29 is 13.2 Å². The molecule has 2 aromatic carbocycles. The van der Waals surface area contributed by atoms with Crippen LogP contribution in [-0.2, 0) is 16.2 Å². The monoisotopic (exact) mass is 484 g/mol. The molecule has 186 valence electrons. The number of fused-ring (bicyclic) bond motifs is 2. The second-order valence-electron chi connectivity index (χ2n) is 12.7. The van der Waals surface area contributed by atoms with E-state index in [-0.39, 0.29) is 22.2 Å². The van der Waals surface area contributed by atoms with Crippen LogP contribution in [0, 0.1) is 0 Å². The van der Waals surface area contributed by atoms with Gasteiger partial charge in [-0.05, 0) is 52.9 Å². The summed E-state index contributed by atoms with van der Waals surface area (Å²) in [6.45, 7) is 26.0. The van der Waals surface area contributed by atoms with Gasteiger partial charge in [-0.3, -0.25) is 0 Å². The maximum atomic E-state index is 15.5. The Hall–Kier alpha value is -1.86. The highest BCUT2D eigenvalue weighted by atomic mass is 31.2. The zero-order valence-corrected chi connectivity index (χ0v) is 24.0. The quantitative estimate of drug-likeness (QED) is 0.375. The molecular weight excluding hydrogens is 442 g/mol. The summed E-state index contributed by atoms with van der Waals surface area (Å²) in [6, 6.07) is 8.78. The molecule has 0 N–H and O–H groups in total. The van der Waals surface area contributed by atoms with Crippen LogP contribution < -0.4 is 9.05 Å². The summed E-state index contributed by atoms with van der Waals surface area (Å²) in [7, 11) is -2.64. The Morgan fingerprint density at radius 3 is 1.74 bits per heavy atom. The minimum atomic E-state index is -2.64. The summed E-state index contributed by atoms with van der Waals surface area (Å²) < 4.78 is 27.5. The molecule has 0 amide bonds. The van der Waals surface area contributed by atoms with E-state index in [0.29, 0.717) is 11.5 Å². The molecule has 0 aliphatic carbocycles. The molecule has 0 saturated carbocycles. The average molecular weight is 485 g/mol. The lowest BCUT2D eigenvalue weighted by atomic mass is 9.75. The summed E-state index contributed by atoms with van der Waals surface area (Å²) >= 11 is 0. The third-order valence-electron chi connectivity index (χ3n) is 6.89. The van der Waals surface area contributed by atoms with E-state index in [4.69, 9.17) is 9.05 Å². The van der Waals surface area contributed by atoms with Crippen LogP contribution >= 0.6 is 8.69 Å². The number of allylic oxidation sites excluding steroid dienone is 2. The smallest absolute Gasteiger partial charge is 0.414 e. The molecule has 0 fully saturated rings. The van der Waals surface area contributed by atoms with E-state index in [1.807, 2.05) is 6.92 Å². The summed E-state index contributed by atoms with van der Waals surface area (Å²) in [4.78, 5) is 0. The third-order valence-corrected chi connectivity index (χ3v) is 7.54. The maximum Gasteiger partial charge on any atom is 0.505 e. The maximum absolute atomic E-state index is 15.5. The highest BCUT2D eigenvalue weighted by Gasteiger charge is 2.35. The normalized spacial score (nSPS) is 19.4. The summed E-state index contributed by atoms with van der Waals surface area (Å²) in [5.41, 5.74) is 7.22. The minimum absolute atomic E-state index is 0.0252. The second-order valence-corrected chi connectivity index (χ2v) is 13.5. The molecule has 0 spiro atoms. The molecular formula is C30H42FO2P. The molecule has 4 heteroatoms. The summed E-state index contributed by atoms with van der Waals surface area (Å²) in [5, 5.41) is 0. The summed E-state index contributed by atoms with van der Waals surface area (Å²) in [5.74, 6) is 1.22. The molecule has 1 aliphatic heterocycles. The lowest BCUT2D eigenvalue weighted by Gasteiger charge is -2.34. The molecule has 3 rings (SSSR count). The predicted molar refractivity (Wildman–Crippen MR) is 145 cm³/mol. The van der Waals surface area contributed by atoms with Gasteiger partial charge in [0.25, 0.3) is 0 Å². The average Bonchev–Trinajstić information content (AvgIpc) is 2.69. The van der Waals surface area contributed by atoms with Crippen LogP contribution in [0.25, 0.3) is 5.57 Å². The molecule has 2 unspecified atom stereocenters. The van der Waals surface area contributed by atoms with Gasteiger partial charge in [0.15, 0.2) is 0 Å². The molecule has 1 heterocycles. The molecule has 0 radical (unpaired) electrons. The molecule has 0 bridgehead atoms. The number of halogens is 1. The molecule has 1 aliphatic rings. The van der Waals surface area contributed by atoms with E-state index < -0.39 is 8.69 Å². The van der Waals surface area contributed by atoms with Gasteiger partial charge in [0.1, 0.15) is 11.5 Å². The van der Waals surface area contributed by atoms with Crippen molar-refractivity contribution in [3.05, 3.63) is 63.7 Å². The van der Waals surface area contributed by atoms with Crippen molar-refractivity contribution in [1.29, 1.82) is 0 Å². The Kier molecular flexibility index (Phi) is 7.06. The fourth-order valence-corrected chi connectivity index (χ4v) is 5.08. The van der Waals surface area contributed by atoms with Gasteiger partial charge in [-0.15, -0.1) is 4.20 Å². The van der Waals surface area contributed by atoms with E-state index in [0.717, 1.165) is 27.8 Å². The first kappa shape index (κ1) is 26.7. The Labute approximate surface area is 208 Å². The first-order valence-electron chi connectivity index (χ1n) is 12.3. The van der Waals surface area contributed by atoms with Gasteiger partial charge >= 0.3 is 8.69 Å². The Balaban J connectivity index is 2.44. The fourth-order valence-electron chi connectivity index (χ4n) is 4.35. The fraction of sp³-hybridized carbons (Fsp3) is 0.533. The SMILES string of the molecule is C/C=C(\C)c1cc(C(C)(C)C)cc2c1OP(F)Oc1c(cc(C(C)(C)C)cc1C(C)(C)C)C2C. The van der Waals surface area contributed by atoms with E-state index in [1.165, 1.54) is 11.1 Å². The topological polar surface area (TPSA) is 18.5 Å². The van der Waals surface area contributed by atoms with Crippen molar-refractivity contribution in [3.8, 4) is 11.5 Å². The van der Waals surface area contributed by atoms with Gasteiger partial charge in [0, 0.05) is 28.2 Å². The Bertz CT molecular complexity index is 1110. The van der Waals surface area contributed by atoms with Crippen molar-refractivity contribution in [2.75, 3.05) is 0 Å². The van der Waals surface area contributed by atoms with Crippen LogP contribution in [0.2, 0.25) is 0 Å². The highest BCUT2D eigenvalue weighted by molar-refractivity contribution is 7.42. The number of rotatable bonds is 1. The standard InChI is InChI=1S/C30H42FO2P/c1-13-18(2)22-14-20(28(4,5)6)15-23-19(3)24-16-21(29(7,8)9)17-25(30(10,11)12)27(24)33-34(31)32-26(22)23/h13-17,19H,1-12H3/b18-13+. The van der Waals surface area contributed by atoms with Crippen LogP contribution in [0.3, 0.4) is 0 Å². The highest BCUT2D eigenvalue weighted by Crippen LogP contribution is 2.55. The molecule has 0 saturated heterocycles. The lowest BCUT2D eigenvalue weighted by molar-refractivity contribution is 0.413. The van der Waals surface area contributed by atoms with Crippen LogP contribution in [0.1, 0.15) is 122 Å². The molecule has 0 aromatic heterocycles. The van der Waals surface area contributed by atoms with Crippen LogP contribution in [0.15, 0.2) is 30.3 Å². The Morgan fingerprint density at radius 2 is 1.26 bits per heavy atom. The van der Waals surface area contributed by atoms with Crippen LogP contribution in [0.5, 0.6) is 11.5 Å². The van der Waals surface area contributed by atoms with E-state index >= 15 is 4.20 Å². The molecule has 2 nitrogen and oxygen atoms in total. The van der Waals surface area contributed by atoms with Gasteiger partial charge in [-0.2, -0.15) is 0 Å². The summed E-state index contributed by atoms with van der Waals surface area (Å²) in [6.07, 6.45) is 2.06. The lowest BCUT2D eigenvalue weighted by Crippen LogP contribution is -2.21. The number of benzene rings is 2. The van der Waals surface area contributed by atoms with E-state index in [2.05, 4.69) is 107 Å². The van der Waals surface area contributed by atoms with Gasteiger partial charge < -0.3 is 9.05 Å². The van der Waals surface area contributed by atoms with Gasteiger partial charge in [-0.25, -0.2) is 0 Å². The largest absolute Gasteiger partial charge is 0.505 e. The van der Waals surface area contributed by atoms with Crippen molar-refractivity contribution in [1.82, 2.24) is 0 Å². The molecule has 34 heavy (non-hydrogen) atoms. The molecule has 2 aromatic rings. The zero-order chi connectivity index (χ0) is 25.8. The van der Waals surface area contributed by atoms with Crippen molar-refractivity contribution in [3.63, 3.8) is 0 Å². The first-order chi connectivity index (χ1) is 15.4. The van der Waals surface area contributed by atoms with Crippen molar-refractivity contribution in [2.24, 2.45) is 0 Å². The van der Waals surface area contributed by atoms with E-state index in [9.17, 15) is 0 Å². The van der Waals surface area contributed by atoms with Crippen molar-refractivity contribution >= 4 is 14.3 Å². The third kappa shape index (κ3) is 5.20.